The van der Waals surface area contributed by atoms with Crippen molar-refractivity contribution in [1.82, 2.24) is 4.90 Å². The maximum absolute atomic E-state index is 11.7. The van der Waals surface area contributed by atoms with Gasteiger partial charge in [-0.2, -0.15) is 0 Å². The topological polar surface area (TPSA) is 37.4 Å². The Morgan fingerprint density at radius 2 is 1.69 bits per heavy atom. The average molecular weight is 270 g/mol. The maximum Gasteiger partial charge on any atom is 0.153 e. The van der Waals surface area contributed by atoms with Crippen molar-refractivity contribution in [3.63, 3.8) is 0 Å². The highest BCUT2D eigenvalue weighted by molar-refractivity contribution is 7.92. The van der Waals surface area contributed by atoms with Gasteiger partial charge < -0.3 is 0 Å². The molecule has 0 unspecified atom stereocenters. The van der Waals surface area contributed by atoms with Gasteiger partial charge in [0.15, 0.2) is 9.84 Å². The summed E-state index contributed by atoms with van der Waals surface area (Å²) in [6, 6.07) is 0.366. The van der Waals surface area contributed by atoms with Gasteiger partial charge in [-0.25, -0.2) is 8.42 Å². The van der Waals surface area contributed by atoms with Crippen LogP contribution in [0, 0.1) is 0 Å². The van der Waals surface area contributed by atoms with E-state index >= 15 is 0 Å². The molecule has 0 radical (unpaired) electrons. The van der Waals surface area contributed by atoms with Gasteiger partial charge in [-0.3, -0.25) is 4.90 Å². The lowest BCUT2D eigenvalue weighted by atomic mass is 10.3. The molecular weight excluding hydrogens is 246 g/mol. The first-order valence-corrected chi connectivity index (χ1v) is 8.07. The number of alkyl halides is 1. The largest absolute Gasteiger partial charge is 0.300 e. The van der Waals surface area contributed by atoms with Crippen LogP contribution in [0.4, 0.5) is 0 Å². The van der Waals surface area contributed by atoms with Crippen molar-refractivity contribution in [1.29, 1.82) is 0 Å². The second-order valence-corrected chi connectivity index (χ2v) is 7.64. The van der Waals surface area contributed by atoms with Gasteiger partial charge in [-0.1, -0.05) is 0 Å². The van der Waals surface area contributed by atoms with Gasteiger partial charge in [0.2, 0.25) is 0 Å². The summed E-state index contributed by atoms with van der Waals surface area (Å²) in [5, 5.41) is -0.283. The van der Waals surface area contributed by atoms with Crippen molar-refractivity contribution in [3.05, 3.63) is 0 Å². The van der Waals surface area contributed by atoms with E-state index in [4.69, 9.17) is 11.6 Å². The average Bonchev–Trinajstić information content (AvgIpc) is 2.16. The van der Waals surface area contributed by atoms with Crippen LogP contribution < -0.4 is 0 Å². The first-order chi connectivity index (χ1) is 7.31. The summed E-state index contributed by atoms with van der Waals surface area (Å²) in [6.07, 6.45) is 0.904. The van der Waals surface area contributed by atoms with Crippen molar-refractivity contribution in [2.24, 2.45) is 0 Å². The smallest absolute Gasteiger partial charge is 0.153 e. The van der Waals surface area contributed by atoms with E-state index in [2.05, 4.69) is 18.7 Å². The molecular formula is C11H24ClNO2S. The fourth-order valence-corrected chi connectivity index (χ4v) is 2.45. The molecule has 0 N–H and O–H groups in total. The van der Waals surface area contributed by atoms with Crippen molar-refractivity contribution in [3.8, 4) is 0 Å². The highest BCUT2D eigenvalue weighted by Crippen LogP contribution is 2.05. The second kappa shape index (κ2) is 7.51. The molecule has 5 heteroatoms. The van der Waals surface area contributed by atoms with Crippen molar-refractivity contribution >= 4 is 21.4 Å². The Bertz CT molecular complexity index is 276. The number of hydrogen-bond acceptors (Lipinski definition) is 3. The van der Waals surface area contributed by atoms with Crippen LogP contribution in [0.2, 0.25) is 0 Å². The van der Waals surface area contributed by atoms with Crippen LogP contribution in [0.25, 0.3) is 0 Å². The highest BCUT2D eigenvalue weighted by Gasteiger charge is 2.18. The zero-order chi connectivity index (χ0) is 12.8. The Kier molecular flexibility index (Phi) is 7.61. The summed E-state index contributed by atoms with van der Waals surface area (Å²) < 4.78 is 23.4. The van der Waals surface area contributed by atoms with Crippen LogP contribution >= 0.6 is 11.6 Å². The van der Waals surface area contributed by atoms with E-state index in [0.29, 0.717) is 18.5 Å². The molecule has 0 aromatic heterocycles. The van der Waals surface area contributed by atoms with E-state index in [1.165, 1.54) is 0 Å². The summed E-state index contributed by atoms with van der Waals surface area (Å²) in [5.41, 5.74) is 0. The fourth-order valence-electron chi connectivity index (χ4n) is 1.37. The Morgan fingerprint density at radius 3 is 2.06 bits per heavy atom. The van der Waals surface area contributed by atoms with Crippen LogP contribution in [-0.2, 0) is 9.84 Å². The number of rotatable bonds is 8. The zero-order valence-electron chi connectivity index (χ0n) is 10.7. The Balaban J connectivity index is 4.22. The van der Waals surface area contributed by atoms with Crippen LogP contribution in [0.5, 0.6) is 0 Å². The summed E-state index contributed by atoms with van der Waals surface area (Å²) >= 11 is 5.65. The third kappa shape index (κ3) is 6.06. The molecule has 0 aromatic rings. The van der Waals surface area contributed by atoms with Crippen molar-refractivity contribution < 1.29 is 8.42 Å². The van der Waals surface area contributed by atoms with Crippen LogP contribution in [0.1, 0.15) is 34.1 Å². The highest BCUT2D eigenvalue weighted by atomic mass is 35.5. The third-order valence-electron chi connectivity index (χ3n) is 2.69. The molecule has 0 fully saturated rings. The summed E-state index contributed by atoms with van der Waals surface area (Å²) in [7, 11) is -2.93. The standard InChI is InChI=1S/C11H24ClNO2S/c1-10(2)13(7-5-6-12)8-9-16(14,15)11(3)4/h10-11H,5-9H2,1-4H3. The predicted molar refractivity (Wildman–Crippen MR) is 71.0 cm³/mol. The molecule has 0 spiro atoms. The lowest BCUT2D eigenvalue weighted by Crippen LogP contribution is -2.37. The number of sulfone groups is 1. The predicted octanol–water partition coefficient (Wildman–Crippen LogP) is 2.15. The molecule has 0 amide bonds. The minimum absolute atomic E-state index is 0.241. The van der Waals surface area contributed by atoms with E-state index in [1.807, 2.05) is 0 Å². The first-order valence-electron chi connectivity index (χ1n) is 5.83. The molecule has 0 bridgehead atoms. The zero-order valence-corrected chi connectivity index (χ0v) is 12.3. The Morgan fingerprint density at radius 1 is 1.12 bits per heavy atom. The SMILES string of the molecule is CC(C)N(CCCCl)CCS(=O)(=O)C(C)C. The van der Waals surface area contributed by atoms with Crippen LogP contribution in [0.15, 0.2) is 0 Å². The van der Waals surface area contributed by atoms with E-state index in [0.717, 1.165) is 13.0 Å². The van der Waals surface area contributed by atoms with E-state index in [-0.39, 0.29) is 11.0 Å². The molecule has 98 valence electrons. The molecule has 0 saturated heterocycles. The first kappa shape index (κ1) is 16.2. The van der Waals surface area contributed by atoms with Gasteiger partial charge in [-0.05, 0) is 40.7 Å². The minimum atomic E-state index is -2.93. The molecule has 0 rings (SSSR count). The number of hydrogen-bond donors (Lipinski definition) is 0. The van der Waals surface area contributed by atoms with Crippen LogP contribution in [0.3, 0.4) is 0 Å². The third-order valence-corrected chi connectivity index (χ3v) is 5.15. The van der Waals surface area contributed by atoms with E-state index < -0.39 is 9.84 Å². The Labute approximate surface area is 105 Å². The lowest BCUT2D eigenvalue weighted by Gasteiger charge is -2.26. The van der Waals surface area contributed by atoms with Crippen molar-refractivity contribution in [2.75, 3.05) is 24.7 Å². The monoisotopic (exact) mass is 269 g/mol. The second-order valence-electron chi connectivity index (χ2n) is 4.59. The quantitative estimate of drug-likeness (QED) is 0.634. The van der Waals surface area contributed by atoms with E-state index in [1.54, 1.807) is 13.8 Å². The van der Waals surface area contributed by atoms with Gasteiger partial charge in [0.25, 0.3) is 0 Å². The number of halogens is 1. The van der Waals surface area contributed by atoms with Gasteiger partial charge in [0.05, 0.1) is 11.0 Å². The molecule has 3 nitrogen and oxygen atoms in total. The van der Waals surface area contributed by atoms with Gasteiger partial charge in [0, 0.05) is 18.5 Å². The minimum Gasteiger partial charge on any atom is -0.300 e. The van der Waals surface area contributed by atoms with Crippen LogP contribution in [-0.4, -0.2) is 49.3 Å². The Hall–Kier alpha value is 0.200. The summed E-state index contributed by atoms with van der Waals surface area (Å²) in [5.74, 6) is 0.866. The molecule has 0 aliphatic heterocycles. The molecule has 0 aromatic carbocycles. The van der Waals surface area contributed by atoms with E-state index in [9.17, 15) is 8.42 Å². The lowest BCUT2D eigenvalue weighted by molar-refractivity contribution is 0.235. The van der Waals surface area contributed by atoms with Gasteiger partial charge >= 0.3 is 0 Å². The van der Waals surface area contributed by atoms with Crippen molar-refractivity contribution in [2.45, 2.75) is 45.4 Å². The van der Waals surface area contributed by atoms with Gasteiger partial charge in [-0.15, -0.1) is 11.6 Å². The molecule has 0 aliphatic rings. The number of nitrogens with zero attached hydrogens (tertiary/aromatic N) is 1. The molecule has 0 aliphatic carbocycles. The molecule has 0 heterocycles. The normalized spacial score (nSPS) is 13.0. The molecule has 16 heavy (non-hydrogen) atoms. The molecule has 0 atom stereocenters. The summed E-state index contributed by atoms with van der Waals surface area (Å²) in [6.45, 7) is 9.10. The fraction of sp³-hybridized carbons (Fsp3) is 1.00. The van der Waals surface area contributed by atoms with Gasteiger partial charge in [0.1, 0.15) is 0 Å². The molecule has 0 saturated carbocycles. The maximum atomic E-state index is 11.7. The summed E-state index contributed by atoms with van der Waals surface area (Å²) in [4.78, 5) is 2.17.